The maximum absolute atomic E-state index is 13.8. The molecule has 4 rings (SSSR count). The fourth-order valence-electron chi connectivity index (χ4n) is 5.29. The van der Waals surface area contributed by atoms with Crippen LogP contribution >= 0.6 is 11.6 Å². The topological polar surface area (TPSA) is 73.7 Å². The van der Waals surface area contributed by atoms with E-state index in [-0.39, 0.29) is 13.1 Å². The largest absolute Gasteiger partial charge is 0.430 e. The number of aromatic nitrogens is 1. The predicted octanol–water partition coefficient (Wildman–Crippen LogP) is 4.84. The summed E-state index contributed by atoms with van der Waals surface area (Å²) < 4.78 is 41.5. The van der Waals surface area contributed by atoms with Crippen molar-refractivity contribution in [1.82, 2.24) is 9.88 Å². The van der Waals surface area contributed by atoms with Crippen LogP contribution in [0.25, 0.3) is 0 Å². The highest BCUT2D eigenvalue weighted by atomic mass is 35.5. The lowest BCUT2D eigenvalue weighted by Crippen LogP contribution is -2.57. The summed E-state index contributed by atoms with van der Waals surface area (Å²) >= 11 is 6.16. The van der Waals surface area contributed by atoms with Crippen molar-refractivity contribution >= 4 is 29.5 Å². The van der Waals surface area contributed by atoms with E-state index in [4.69, 9.17) is 11.6 Å². The average molecular weight is 524 g/mol. The molecule has 6 nitrogen and oxygen atoms in total. The molecule has 1 unspecified atom stereocenters. The summed E-state index contributed by atoms with van der Waals surface area (Å²) in [5.41, 5.74) is -2.72. The van der Waals surface area contributed by atoms with Gasteiger partial charge in [-0.15, -0.1) is 0 Å². The number of aliphatic hydroxyl groups is 1. The normalized spacial score (nSPS) is 19.7. The molecule has 0 radical (unpaired) electrons. The zero-order valence-electron chi connectivity index (χ0n) is 19.8. The summed E-state index contributed by atoms with van der Waals surface area (Å²) in [5, 5.41) is 11.0. The fourth-order valence-corrected chi connectivity index (χ4v) is 5.51. The summed E-state index contributed by atoms with van der Waals surface area (Å²) in [5.74, 6) is -0.515. The van der Waals surface area contributed by atoms with Crippen molar-refractivity contribution in [2.75, 3.05) is 31.1 Å². The number of nitrogens with zero attached hydrogens (tertiary/aromatic N) is 3. The molecule has 1 atom stereocenters. The van der Waals surface area contributed by atoms with E-state index in [1.54, 1.807) is 6.07 Å². The lowest BCUT2D eigenvalue weighted by molar-refractivity contribution is -0.262. The van der Waals surface area contributed by atoms with Crippen LogP contribution in [0.4, 0.5) is 18.9 Å². The number of hydrogen-bond donors (Lipinski definition) is 1. The van der Waals surface area contributed by atoms with Gasteiger partial charge in [0.15, 0.2) is 6.29 Å². The Morgan fingerprint density at radius 1 is 1.08 bits per heavy atom. The minimum absolute atomic E-state index is 0.183. The number of likely N-dealkylation sites (tertiary alicyclic amines) is 1. The Morgan fingerprint density at radius 3 is 2.25 bits per heavy atom. The van der Waals surface area contributed by atoms with Gasteiger partial charge in [0.05, 0.1) is 5.02 Å². The molecule has 1 aromatic carbocycles. The number of carbonyl (C=O) groups excluding carboxylic acids is 2. The van der Waals surface area contributed by atoms with Gasteiger partial charge in [-0.05, 0) is 68.2 Å². The van der Waals surface area contributed by atoms with Crippen LogP contribution in [0.5, 0.6) is 0 Å². The molecule has 2 aliphatic heterocycles. The summed E-state index contributed by atoms with van der Waals surface area (Å²) in [4.78, 5) is 30.9. The second-order valence-corrected chi connectivity index (χ2v) is 10.1. The molecule has 0 bridgehead atoms. The highest BCUT2D eigenvalue weighted by Gasteiger charge is 2.62. The highest BCUT2D eigenvalue weighted by Crippen LogP contribution is 2.41. The Hall–Kier alpha value is -2.65. The van der Waals surface area contributed by atoms with Gasteiger partial charge in [-0.25, -0.2) is 0 Å². The number of carbonyl (C=O) groups is 2. The van der Waals surface area contributed by atoms with Gasteiger partial charge in [-0.3, -0.25) is 14.6 Å². The number of piperidine rings is 2. The van der Waals surface area contributed by atoms with Crippen molar-refractivity contribution in [1.29, 1.82) is 0 Å². The molecule has 0 spiro atoms. The van der Waals surface area contributed by atoms with Crippen LogP contribution in [-0.2, 0) is 10.4 Å². The third-order valence-electron chi connectivity index (χ3n) is 7.46. The molecule has 194 valence electrons. The van der Waals surface area contributed by atoms with E-state index in [9.17, 15) is 27.9 Å². The third-order valence-corrected chi connectivity index (χ3v) is 7.79. The minimum atomic E-state index is -5.16. The number of rotatable bonds is 6. The maximum Gasteiger partial charge on any atom is 0.430 e. The van der Waals surface area contributed by atoms with Crippen molar-refractivity contribution in [2.45, 2.75) is 43.9 Å². The quantitative estimate of drug-likeness (QED) is 0.548. The molecule has 3 heterocycles. The van der Waals surface area contributed by atoms with Crippen LogP contribution in [-0.4, -0.2) is 59.5 Å². The van der Waals surface area contributed by atoms with Crippen LogP contribution < -0.4 is 4.90 Å². The molecule has 1 amide bonds. The smallest absolute Gasteiger partial charge is 0.371 e. The third kappa shape index (κ3) is 5.37. The number of hydrogen-bond acceptors (Lipinski definition) is 5. The van der Waals surface area contributed by atoms with Crippen molar-refractivity contribution in [3.05, 3.63) is 58.9 Å². The number of amides is 1. The van der Waals surface area contributed by atoms with Crippen molar-refractivity contribution in [3.8, 4) is 0 Å². The molecule has 1 aromatic heterocycles. The Kier molecular flexibility index (Phi) is 7.90. The lowest BCUT2D eigenvalue weighted by Gasteiger charge is -2.40. The molecular formula is C26H29ClF3N3O3. The molecule has 36 heavy (non-hydrogen) atoms. The van der Waals surface area contributed by atoms with Crippen molar-refractivity contribution in [3.63, 3.8) is 0 Å². The van der Waals surface area contributed by atoms with Crippen molar-refractivity contribution in [2.24, 2.45) is 11.8 Å². The first-order chi connectivity index (χ1) is 17.1. The second-order valence-electron chi connectivity index (χ2n) is 9.68. The van der Waals surface area contributed by atoms with E-state index in [0.717, 1.165) is 61.5 Å². The van der Waals surface area contributed by atoms with E-state index < -0.39 is 23.2 Å². The molecule has 2 saturated heterocycles. The standard InChI is InChI=1S/C26H29ClF3N3O3/c27-23-15-22(4-3-20(23)17-34)32-10-5-18(6-11-32)14-19-7-12-33(13-8-19)24(35)25(36,26(28,29)30)21-2-1-9-31-16-21/h1-4,9,15-19,36H,5-8,10-14H2. The van der Waals surface area contributed by atoms with Crippen LogP contribution in [0.15, 0.2) is 42.7 Å². The Balaban J connectivity index is 1.30. The zero-order valence-corrected chi connectivity index (χ0v) is 20.5. The second kappa shape index (κ2) is 10.8. The molecular weight excluding hydrogens is 495 g/mol. The highest BCUT2D eigenvalue weighted by molar-refractivity contribution is 6.33. The first-order valence-corrected chi connectivity index (χ1v) is 12.5. The van der Waals surface area contributed by atoms with Gasteiger partial charge < -0.3 is 14.9 Å². The molecule has 0 saturated carbocycles. The van der Waals surface area contributed by atoms with Gasteiger partial charge in [-0.1, -0.05) is 17.7 Å². The number of pyridine rings is 1. The predicted molar refractivity (Wildman–Crippen MR) is 130 cm³/mol. The van der Waals surface area contributed by atoms with E-state index >= 15 is 0 Å². The van der Waals surface area contributed by atoms with Crippen LogP contribution in [0.2, 0.25) is 5.02 Å². The van der Waals surface area contributed by atoms with E-state index in [1.165, 1.54) is 12.3 Å². The van der Waals surface area contributed by atoms with E-state index in [1.807, 2.05) is 12.1 Å². The molecule has 1 N–H and O–H groups in total. The number of aldehydes is 1. The van der Waals surface area contributed by atoms with Gasteiger partial charge in [0.1, 0.15) is 0 Å². The zero-order chi connectivity index (χ0) is 25.9. The maximum atomic E-state index is 13.8. The van der Waals surface area contributed by atoms with Crippen LogP contribution in [0, 0.1) is 11.8 Å². The monoisotopic (exact) mass is 523 g/mol. The van der Waals surface area contributed by atoms with Crippen LogP contribution in [0.1, 0.15) is 48.0 Å². The first-order valence-electron chi connectivity index (χ1n) is 12.1. The molecule has 10 heteroatoms. The van der Waals surface area contributed by atoms with Gasteiger partial charge in [0, 0.05) is 55.4 Å². The Bertz CT molecular complexity index is 1070. The van der Waals surface area contributed by atoms with Gasteiger partial charge in [0.25, 0.3) is 11.5 Å². The van der Waals surface area contributed by atoms with Gasteiger partial charge in [-0.2, -0.15) is 13.2 Å². The van der Waals surface area contributed by atoms with E-state index in [0.29, 0.717) is 35.3 Å². The average Bonchev–Trinajstić information content (AvgIpc) is 2.88. The molecule has 2 aromatic rings. The number of benzene rings is 1. The minimum Gasteiger partial charge on any atom is -0.371 e. The number of halogens is 4. The Labute approximate surface area is 213 Å². The first kappa shape index (κ1) is 26.4. The number of alkyl halides is 3. The molecule has 0 aliphatic carbocycles. The summed E-state index contributed by atoms with van der Waals surface area (Å²) in [7, 11) is 0. The van der Waals surface area contributed by atoms with Crippen molar-refractivity contribution < 1.29 is 27.9 Å². The molecule has 2 aliphatic rings. The molecule has 2 fully saturated rings. The van der Waals surface area contributed by atoms with Crippen LogP contribution in [0.3, 0.4) is 0 Å². The van der Waals surface area contributed by atoms with E-state index in [2.05, 4.69) is 9.88 Å². The lowest BCUT2D eigenvalue weighted by atomic mass is 9.82. The fraction of sp³-hybridized carbons (Fsp3) is 0.500. The van der Waals surface area contributed by atoms with Gasteiger partial charge in [0.2, 0.25) is 0 Å². The van der Waals surface area contributed by atoms with Gasteiger partial charge >= 0.3 is 6.18 Å². The Morgan fingerprint density at radius 2 is 1.72 bits per heavy atom. The summed E-state index contributed by atoms with van der Waals surface area (Å²) in [6.07, 6.45) is 1.91. The number of anilines is 1. The summed E-state index contributed by atoms with van der Waals surface area (Å²) in [6, 6.07) is 7.77. The SMILES string of the molecule is O=Cc1ccc(N2CCC(CC3CCN(C(=O)C(O)(c4cccnc4)C(F)(F)F)CC3)CC2)cc1Cl. The summed E-state index contributed by atoms with van der Waals surface area (Å²) in [6.45, 7) is 2.09.